The van der Waals surface area contributed by atoms with Crippen LogP contribution in [-0.2, 0) is 0 Å². The number of nitrogens with zero attached hydrogens (tertiary/aromatic N) is 1. The Labute approximate surface area is 124 Å². The van der Waals surface area contributed by atoms with E-state index in [0.29, 0.717) is 5.92 Å². The summed E-state index contributed by atoms with van der Waals surface area (Å²) in [5, 5.41) is 9.87. The van der Waals surface area contributed by atoms with Gasteiger partial charge in [-0.25, -0.2) is 0 Å². The van der Waals surface area contributed by atoms with Gasteiger partial charge in [-0.1, -0.05) is 25.4 Å². The van der Waals surface area contributed by atoms with Crippen LogP contribution in [0.5, 0.6) is 0 Å². The van der Waals surface area contributed by atoms with Gasteiger partial charge in [0.1, 0.15) is 0 Å². The van der Waals surface area contributed by atoms with Gasteiger partial charge in [0, 0.05) is 24.0 Å². The summed E-state index contributed by atoms with van der Waals surface area (Å²) in [7, 11) is 0. The van der Waals surface area contributed by atoms with Gasteiger partial charge in [-0.2, -0.15) is 0 Å². The minimum atomic E-state index is -0.179. The van der Waals surface area contributed by atoms with E-state index in [-0.39, 0.29) is 18.2 Å². The molecular weight excluding hydrogens is 280 g/mol. The molecule has 0 amide bonds. The van der Waals surface area contributed by atoms with E-state index in [4.69, 9.17) is 17.3 Å². The van der Waals surface area contributed by atoms with Gasteiger partial charge in [-0.3, -0.25) is 4.90 Å². The molecule has 0 radical (unpaired) electrons. The molecule has 3 nitrogen and oxygen atoms in total. The fourth-order valence-corrected chi connectivity index (χ4v) is 4.06. The van der Waals surface area contributed by atoms with Gasteiger partial charge in [0.2, 0.25) is 0 Å². The lowest BCUT2D eigenvalue weighted by Crippen LogP contribution is -2.48. The first-order valence-corrected chi connectivity index (χ1v) is 8.15. The third kappa shape index (κ3) is 3.50. The minimum Gasteiger partial charge on any atom is -0.393 e. The van der Waals surface area contributed by atoms with Crippen LogP contribution in [0.4, 0.5) is 0 Å². The number of rotatable bonds is 4. The van der Waals surface area contributed by atoms with Crippen molar-refractivity contribution in [1.82, 2.24) is 4.90 Å². The third-order valence-electron chi connectivity index (χ3n) is 4.05. The molecule has 0 aromatic carbocycles. The fraction of sp³-hybridized carbons (Fsp3) is 0.714. The molecule has 0 bridgehead atoms. The average molecular weight is 303 g/mol. The second kappa shape index (κ2) is 6.55. The first-order chi connectivity index (χ1) is 9.02. The van der Waals surface area contributed by atoms with E-state index in [0.717, 1.165) is 30.3 Å². The van der Waals surface area contributed by atoms with E-state index in [1.165, 1.54) is 4.88 Å². The third-order valence-corrected chi connectivity index (χ3v) is 5.35. The minimum absolute atomic E-state index is 0.108. The molecule has 1 aromatic rings. The number of aliphatic hydroxyl groups excluding tert-OH is 1. The molecule has 108 valence electrons. The highest BCUT2D eigenvalue weighted by atomic mass is 35.5. The molecular formula is C14H23ClN2OS. The maximum Gasteiger partial charge on any atom is 0.0931 e. The number of halogens is 1. The lowest BCUT2D eigenvalue weighted by Gasteiger charge is -2.41. The number of likely N-dealkylation sites (tertiary alicyclic amines) is 1. The smallest absolute Gasteiger partial charge is 0.0931 e. The number of hydrogen-bond acceptors (Lipinski definition) is 4. The number of thiophene rings is 1. The Balaban J connectivity index is 2.18. The zero-order valence-corrected chi connectivity index (χ0v) is 13.1. The molecule has 5 heteroatoms. The van der Waals surface area contributed by atoms with Crippen LogP contribution in [0.15, 0.2) is 12.1 Å². The van der Waals surface area contributed by atoms with Crippen molar-refractivity contribution in [1.29, 1.82) is 0 Å². The van der Waals surface area contributed by atoms with Gasteiger partial charge in [0.25, 0.3) is 0 Å². The summed E-state index contributed by atoms with van der Waals surface area (Å²) < 4.78 is 0.813. The highest BCUT2D eigenvalue weighted by molar-refractivity contribution is 7.16. The maximum absolute atomic E-state index is 9.87. The summed E-state index contributed by atoms with van der Waals surface area (Å²) >= 11 is 7.68. The fourth-order valence-electron chi connectivity index (χ4n) is 2.79. The first kappa shape index (κ1) is 15.3. The normalized spacial score (nSPS) is 28.3. The molecule has 0 aliphatic carbocycles. The Hall–Kier alpha value is -0.130. The van der Waals surface area contributed by atoms with E-state index in [2.05, 4.69) is 24.8 Å². The lowest BCUT2D eigenvalue weighted by molar-refractivity contribution is 0.0119. The van der Waals surface area contributed by atoms with Crippen molar-refractivity contribution in [2.75, 3.05) is 13.1 Å². The zero-order valence-electron chi connectivity index (χ0n) is 11.6. The second-order valence-electron chi connectivity index (χ2n) is 5.49. The van der Waals surface area contributed by atoms with Crippen molar-refractivity contribution in [3.63, 3.8) is 0 Å². The molecule has 0 spiro atoms. The van der Waals surface area contributed by atoms with Crippen LogP contribution in [-0.4, -0.2) is 35.2 Å². The topological polar surface area (TPSA) is 49.5 Å². The summed E-state index contributed by atoms with van der Waals surface area (Å²) in [6.07, 6.45) is 1.59. The Morgan fingerprint density at radius 1 is 1.58 bits per heavy atom. The molecule has 4 atom stereocenters. The van der Waals surface area contributed by atoms with Gasteiger partial charge in [0.15, 0.2) is 0 Å². The van der Waals surface area contributed by atoms with Crippen molar-refractivity contribution in [3.05, 3.63) is 21.3 Å². The predicted octanol–water partition coefficient (Wildman–Crippen LogP) is 2.88. The summed E-state index contributed by atoms with van der Waals surface area (Å²) in [4.78, 5) is 3.65. The van der Waals surface area contributed by atoms with Gasteiger partial charge >= 0.3 is 0 Å². The molecule has 1 fully saturated rings. The lowest BCUT2D eigenvalue weighted by atomic mass is 9.93. The molecule has 1 saturated heterocycles. The zero-order chi connectivity index (χ0) is 14.0. The van der Waals surface area contributed by atoms with E-state index in [1.807, 2.05) is 6.07 Å². The molecule has 4 unspecified atom stereocenters. The molecule has 1 aromatic heterocycles. The van der Waals surface area contributed by atoms with E-state index < -0.39 is 0 Å². The number of hydrogen-bond donors (Lipinski definition) is 2. The maximum atomic E-state index is 9.87. The Bertz CT molecular complexity index is 412. The number of nitrogens with two attached hydrogens (primary N) is 1. The van der Waals surface area contributed by atoms with Crippen LogP contribution in [0.3, 0.4) is 0 Å². The molecule has 19 heavy (non-hydrogen) atoms. The average Bonchev–Trinajstić information content (AvgIpc) is 2.80. The Morgan fingerprint density at radius 2 is 2.32 bits per heavy atom. The largest absolute Gasteiger partial charge is 0.393 e. The summed E-state index contributed by atoms with van der Waals surface area (Å²) in [6, 6.07) is 4.36. The van der Waals surface area contributed by atoms with Crippen LogP contribution in [0.2, 0.25) is 4.34 Å². The Kier molecular flexibility index (Phi) is 5.26. The predicted molar refractivity (Wildman–Crippen MR) is 81.7 cm³/mol. The van der Waals surface area contributed by atoms with Crippen LogP contribution < -0.4 is 5.73 Å². The summed E-state index contributed by atoms with van der Waals surface area (Å²) in [6.45, 7) is 6.02. The molecule has 0 saturated carbocycles. The van der Waals surface area contributed by atoms with E-state index in [1.54, 1.807) is 11.3 Å². The number of aliphatic hydroxyl groups is 1. The van der Waals surface area contributed by atoms with Crippen molar-refractivity contribution in [3.8, 4) is 0 Å². The SMILES string of the molecule is CCC(N)C(c1ccc(Cl)s1)N1CCC(O)C(C)C1. The second-order valence-corrected chi connectivity index (χ2v) is 7.23. The highest BCUT2D eigenvalue weighted by Gasteiger charge is 2.33. The molecule has 2 heterocycles. The molecule has 2 rings (SSSR count). The van der Waals surface area contributed by atoms with E-state index in [9.17, 15) is 5.11 Å². The van der Waals surface area contributed by atoms with Crippen molar-refractivity contribution in [2.24, 2.45) is 11.7 Å². The monoisotopic (exact) mass is 302 g/mol. The van der Waals surface area contributed by atoms with Crippen LogP contribution >= 0.6 is 22.9 Å². The van der Waals surface area contributed by atoms with Crippen molar-refractivity contribution in [2.45, 2.75) is 44.9 Å². The summed E-state index contributed by atoms with van der Waals surface area (Å²) in [5.74, 6) is 0.302. The Morgan fingerprint density at radius 3 is 2.84 bits per heavy atom. The standard InChI is InChI=1S/C14H23ClN2OS/c1-3-10(16)14(12-4-5-13(15)19-12)17-7-6-11(18)9(2)8-17/h4-5,9-11,14,18H,3,6-8,16H2,1-2H3. The van der Waals surface area contributed by atoms with Gasteiger partial charge < -0.3 is 10.8 Å². The van der Waals surface area contributed by atoms with Crippen molar-refractivity contribution >= 4 is 22.9 Å². The highest BCUT2D eigenvalue weighted by Crippen LogP contribution is 2.35. The number of piperidine rings is 1. The molecule has 3 N–H and O–H groups in total. The van der Waals surface area contributed by atoms with Gasteiger partial charge in [0.05, 0.1) is 16.5 Å². The van der Waals surface area contributed by atoms with Crippen molar-refractivity contribution < 1.29 is 5.11 Å². The van der Waals surface area contributed by atoms with Gasteiger partial charge in [-0.05, 0) is 30.9 Å². The van der Waals surface area contributed by atoms with E-state index >= 15 is 0 Å². The molecule has 1 aliphatic heterocycles. The summed E-state index contributed by atoms with van der Waals surface area (Å²) in [5.41, 5.74) is 6.33. The first-order valence-electron chi connectivity index (χ1n) is 6.95. The molecule has 1 aliphatic rings. The van der Waals surface area contributed by atoms with Crippen LogP contribution in [0.25, 0.3) is 0 Å². The quantitative estimate of drug-likeness (QED) is 0.899. The van der Waals surface area contributed by atoms with Gasteiger partial charge in [-0.15, -0.1) is 11.3 Å². The van der Waals surface area contributed by atoms with Crippen LogP contribution in [0, 0.1) is 5.92 Å². The van der Waals surface area contributed by atoms with Crippen LogP contribution in [0.1, 0.15) is 37.6 Å².